The first-order chi connectivity index (χ1) is 7.45. The Morgan fingerprint density at radius 3 is 2.59 bits per heavy atom. The van der Waals surface area contributed by atoms with Gasteiger partial charge in [0.15, 0.2) is 0 Å². The number of sulfonamides is 1. The van der Waals surface area contributed by atoms with Gasteiger partial charge in [-0.3, -0.25) is 0 Å². The standard InChI is InChI=1S/C10H15IN2O2S.ClH/c1-8(12-2)7-13-16(14,15)10-5-3-4-9(11)6-10;/h3-6,8,12-13H,7H2,1-2H3;1H. The molecule has 1 unspecified atom stereocenters. The molecule has 2 N–H and O–H groups in total. The van der Waals surface area contributed by atoms with Crippen molar-refractivity contribution in [3.8, 4) is 0 Å². The van der Waals surface area contributed by atoms with E-state index in [2.05, 4.69) is 32.6 Å². The van der Waals surface area contributed by atoms with E-state index < -0.39 is 10.0 Å². The summed E-state index contributed by atoms with van der Waals surface area (Å²) in [4.78, 5) is 0.308. The molecule has 0 aliphatic rings. The highest BCUT2D eigenvalue weighted by atomic mass is 127. The maximum atomic E-state index is 11.9. The normalized spacial score (nSPS) is 12.9. The Balaban J connectivity index is 0.00000256. The lowest BCUT2D eigenvalue weighted by Gasteiger charge is -2.12. The van der Waals surface area contributed by atoms with E-state index in [1.165, 1.54) is 0 Å². The molecule has 0 aromatic heterocycles. The number of likely N-dealkylation sites (N-methyl/N-ethyl adjacent to an activating group) is 1. The third kappa shape index (κ3) is 5.52. The smallest absolute Gasteiger partial charge is 0.240 e. The Morgan fingerprint density at radius 2 is 2.06 bits per heavy atom. The molecule has 98 valence electrons. The van der Waals surface area contributed by atoms with Crippen molar-refractivity contribution in [2.24, 2.45) is 0 Å². The molecule has 1 aromatic carbocycles. The highest BCUT2D eigenvalue weighted by Crippen LogP contribution is 2.12. The zero-order valence-corrected chi connectivity index (χ0v) is 13.4. The van der Waals surface area contributed by atoms with Crippen molar-refractivity contribution in [1.82, 2.24) is 10.0 Å². The van der Waals surface area contributed by atoms with Crippen LogP contribution in [0, 0.1) is 3.57 Å². The van der Waals surface area contributed by atoms with Crippen LogP contribution in [0.1, 0.15) is 6.92 Å². The van der Waals surface area contributed by atoms with E-state index in [4.69, 9.17) is 0 Å². The molecular weight excluding hydrogens is 375 g/mol. The van der Waals surface area contributed by atoms with E-state index in [9.17, 15) is 8.42 Å². The second-order valence-corrected chi connectivity index (χ2v) is 6.51. The number of hydrogen-bond donors (Lipinski definition) is 2. The first-order valence-electron chi connectivity index (χ1n) is 4.88. The fraction of sp³-hybridized carbons (Fsp3) is 0.400. The summed E-state index contributed by atoms with van der Waals surface area (Å²) in [6.07, 6.45) is 0. The van der Waals surface area contributed by atoms with Crippen molar-refractivity contribution in [2.45, 2.75) is 17.9 Å². The van der Waals surface area contributed by atoms with E-state index in [0.29, 0.717) is 11.4 Å². The van der Waals surface area contributed by atoms with Gasteiger partial charge in [-0.15, -0.1) is 12.4 Å². The lowest BCUT2D eigenvalue weighted by atomic mass is 10.4. The van der Waals surface area contributed by atoms with Crippen molar-refractivity contribution < 1.29 is 8.42 Å². The van der Waals surface area contributed by atoms with Gasteiger partial charge in [0, 0.05) is 16.2 Å². The zero-order valence-electron chi connectivity index (χ0n) is 9.60. The van der Waals surface area contributed by atoms with E-state index in [1.807, 2.05) is 13.0 Å². The minimum Gasteiger partial charge on any atom is -0.316 e. The molecule has 0 aliphatic heterocycles. The van der Waals surface area contributed by atoms with Crippen LogP contribution < -0.4 is 10.0 Å². The fourth-order valence-electron chi connectivity index (χ4n) is 1.05. The molecule has 0 saturated carbocycles. The van der Waals surface area contributed by atoms with Crippen LogP contribution in [-0.4, -0.2) is 28.1 Å². The molecule has 0 saturated heterocycles. The summed E-state index contributed by atoms with van der Waals surface area (Å²) < 4.78 is 27.2. The van der Waals surface area contributed by atoms with E-state index in [1.54, 1.807) is 25.2 Å². The van der Waals surface area contributed by atoms with Gasteiger partial charge in [-0.25, -0.2) is 13.1 Å². The van der Waals surface area contributed by atoms with E-state index in [-0.39, 0.29) is 18.4 Å². The topological polar surface area (TPSA) is 58.2 Å². The Bertz CT molecular complexity index is 453. The summed E-state index contributed by atoms with van der Waals surface area (Å²) in [5, 5.41) is 2.97. The molecule has 0 amide bonds. The molecule has 1 rings (SSSR count). The molecule has 1 aromatic rings. The minimum atomic E-state index is -3.38. The van der Waals surface area contributed by atoms with Gasteiger partial charge in [0.25, 0.3) is 0 Å². The number of halogens is 2. The molecule has 0 bridgehead atoms. The molecule has 1 atom stereocenters. The van der Waals surface area contributed by atoms with Gasteiger partial charge in [-0.1, -0.05) is 6.07 Å². The summed E-state index contributed by atoms with van der Waals surface area (Å²) in [5.41, 5.74) is 0. The Labute approximate surface area is 122 Å². The molecule has 0 spiro atoms. The number of nitrogens with one attached hydrogen (secondary N) is 2. The fourth-order valence-corrected chi connectivity index (χ4v) is 2.98. The van der Waals surface area contributed by atoms with Gasteiger partial charge in [0.1, 0.15) is 0 Å². The molecule has 4 nitrogen and oxygen atoms in total. The van der Waals surface area contributed by atoms with E-state index >= 15 is 0 Å². The monoisotopic (exact) mass is 390 g/mol. The highest BCUT2D eigenvalue weighted by Gasteiger charge is 2.14. The highest BCUT2D eigenvalue weighted by molar-refractivity contribution is 14.1. The summed E-state index contributed by atoms with van der Waals surface area (Å²) in [5.74, 6) is 0. The lowest BCUT2D eigenvalue weighted by Crippen LogP contribution is -2.37. The number of hydrogen-bond acceptors (Lipinski definition) is 3. The van der Waals surface area contributed by atoms with Crippen molar-refractivity contribution in [3.05, 3.63) is 27.8 Å². The number of benzene rings is 1. The zero-order chi connectivity index (χ0) is 12.2. The quantitative estimate of drug-likeness (QED) is 0.751. The second-order valence-electron chi connectivity index (χ2n) is 3.50. The van der Waals surface area contributed by atoms with Crippen LogP contribution in [0.4, 0.5) is 0 Å². The van der Waals surface area contributed by atoms with Crippen LogP contribution in [0.2, 0.25) is 0 Å². The molecular formula is C10H16ClIN2O2S. The maximum Gasteiger partial charge on any atom is 0.240 e. The average molecular weight is 391 g/mol. The van der Waals surface area contributed by atoms with Gasteiger partial charge >= 0.3 is 0 Å². The molecule has 17 heavy (non-hydrogen) atoms. The SMILES string of the molecule is CNC(C)CNS(=O)(=O)c1cccc(I)c1.Cl. The average Bonchev–Trinajstić information content (AvgIpc) is 2.26. The molecule has 0 heterocycles. The first-order valence-corrected chi connectivity index (χ1v) is 7.44. The number of rotatable bonds is 5. The van der Waals surface area contributed by atoms with Gasteiger partial charge in [0.2, 0.25) is 10.0 Å². The van der Waals surface area contributed by atoms with Crippen LogP contribution in [0.3, 0.4) is 0 Å². The van der Waals surface area contributed by atoms with Gasteiger partial charge in [-0.05, 0) is 54.8 Å². The Morgan fingerprint density at radius 1 is 1.41 bits per heavy atom. The Hall–Kier alpha value is 0.110. The van der Waals surface area contributed by atoms with E-state index in [0.717, 1.165) is 3.57 Å². The molecule has 0 aliphatic carbocycles. The summed E-state index contributed by atoms with van der Waals surface area (Å²) >= 11 is 2.09. The largest absolute Gasteiger partial charge is 0.316 e. The molecule has 0 radical (unpaired) electrons. The summed E-state index contributed by atoms with van der Waals surface area (Å²) in [7, 11) is -1.59. The lowest BCUT2D eigenvalue weighted by molar-refractivity contribution is 0.554. The molecule has 7 heteroatoms. The second kappa shape index (κ2) is 7.52. The van der Waals surface area contributed by atoms with Crippen molar-refractivity contribution in [1.29, 1.82) is 0 Å². The minimum absolute atomic E-state index is 0. The summed E-state index contributed by atoms with van der Waals surface area (Å²) in [6, 6.07) is 6.94. The van der Waals surface area contributed by atoms with Gasteiger partial charge < -0.3 is 5.32 Å². The third-order valence-electron chi connectivity index (χ3n) is 2.18. The van der Waals surface area contributed by atoms with Crippen molar-refractivity contribution in [3.63, 3.8) is 0 Å². The predicted octanol–water partition coefficient (Wildman–Crippen LogP) is 1.60. The third-order valence-corrected chi connectivity index (χ3v) is 4.27. The van der Waals surface area contributed by atoms with Gasteiger partial charge in [-0.2, -0.15) is 0 Å². The maximum absolute atomic E-state index is 11.9. The van der Waals surface area contributed by atoms with Crippen LogP contribution in [-0.2, 0) is 10.0 Å². The van der Waals surface area contributed by atoms with Crippen LogP contribution in [0.5, 0.6) is 0 Å². The van der Waals surface area contributed by atoms with Crippen LogP contribution in [0.15, 0.2) is 29.2 Å². The van der Waals surface area contributed by atoms with Crippen molar-refractivity contribution >= 4 is 45.0 Å². The van der Waals surface area contributed by atoms with Gasteiger partial charge in [0.05, 0.1) is 4.90 Å². The first kappa shape index (κ1) is 17.1. The van der Waals surface area contributed by atoms with Crippen molar-refractivity contribution in [2.75, 3.05) is 13.6 Å². The summed E-state index contributed by atoms with van der Waals surface area (Å²) in [6.45, 7) is 2.29. The Kier molecular flexibility index (Phi) is 7.57. The predicted molar refractivity (Wildman–Crippen MR) is 80.1 cm³/mol. The van der Waals surface area contributed by atoms with Crippen LogP contribution >= 0.6 is 35.0 Å². The van der Waals surface area contributed by atoms with Crippen LogP contribution in [0.25, 0.3) is 0 Å². The molecule has 0 fully saturated rings.